The van der Waals surface area contributed by atoms with Gasteiger partial charge in [-0.25, -0.2) is 0 Å². The van der Waals surface area contributed by atoms with E-state index in [2.05, 4.69) is 24.1 Å². The van der Waals surface area contributed by atoms with E-state index in [-0.39, 0.29) is 17.0 Å². The maximum Gasteiger partial charge on any atom is 0.152 e. The van der Waals surface area contributed by atoms with Crippen molar-refractivity contribution in [2.75, 3.05) is 26.2 Å². The Bertz CT molecular complexity index is 348. The zero-order valence-corrected chi connectivity index (χ0v) is 16.2. The number of nitrogens with one attached hydrogen (secondary N) is 1. The van der Waals surface area contributed by atoms with Gasteiger partial charge in [0.1, 0.15) is 5.78 Å². The summed E-state index contributed by atoms with van der Waals surface area (Å²) < 4.78 is 0. The van der Waals surface area contributed by atoms with Crippen LogP contribution in [-0.2, 0) is 9.59 Å². The van der Waals surface area contributed by atoms with Crippen molar-refractivity contribution in [3.05, 3.63) is 0 Å². The van der Waals surface area contributed by atoms with E-state index in [1.807, 2.05) is 27.7 Å². The van der Waals surface area contributed by atoms with Gasteiger partial charge in [-0.2, -0.15) is 0 Å². The predicted molar refractivity (Wildman–Crippen MR) is 97.8 cm³/mol. The fourth-order valence-corrected chi connectivity index (χ4v) is 2.53. The molecule has 0 rings (SSSR count). The summed E-state index contributed by atoms with van der Waals surface area (Å²) >= 11 is 0. The Morgan fingerprint density at radius 1 is 1.04 bits per heavy atom. The first-order valence-electron chi connectivity index (χ1n) is 9.25. The summed E-state index contributed by atoms with van der Waals surface area (Å²) in [4.78, 5) is 26.5. The number of Topliss-reactive ketones (excluding diaryl/α,β-unsaturated/α-hetero) is 2. The van der Waals surface area contributed by atoms with Gasteiger partial charge < -0.3 is 5.32 Å². The SMILES string of the molecule is CCNCCCCC(CC)N(CC(=O)CC)CC(=O)C(C)(C)C. The highest BCUT2D eigenvalue weighted by molar-refractivity contribution is 5.86. The Balaban J connectivity index is 4.71. The van der Waals surface area contributed by atoms with Gasteiger partial charge in [-0.05, 0) is 32.4 Å². The number of hydrogen-bond donors (Lipinski definition) is 1. The Morgan fingerprint density at radius 2 is 1.70 bits per heavy atom. The summed E-state index contributed by atoms with van der Waals surface area (Å²) in [7, 11) is 0. The molecule has 23 heavy (non-hydrogen) atoms. The van der Waals surface area contributed by atoms with Crippen LogP contribution in [0.25, 0.3) is 0 Å². The molecule has 0 saturated carbocycles. The topological polar surface area (TPSA) is 49.4 Å². The van der Waals surface area contributed by atoms with Crippen LogP contribution in [-0.4, -0.2) is 48.7 Å². The second-order valence-electron chi connectivity index (χ2n) is 7.38. The van der Waals surface area contributed by atoms with Crippen molar-refractivity contribution in [1.82, 2.24) is 10.2 Å². The third-order valence-corrected chi connectivity index (χ3v) is 4.34. The maximum absolute atomic E-state index is 12.4. The zero-order chi connectivity index (χ0) is 17.9. The quantitative estimate of drug-likeness (QED) is 0.527. The molecule has 0 heterocycles. The number of rotatable bonds is 13. The number of unbranched alkanes of at least 4 members (excludes halogenated alkanes) is 1. The van der Waals surface area contributed by atoms with Crippen molar-refractivity contribution in [1.29, 1.82) is 0 Å². The maximum atomic E-state index is 12.4. The Kier molecular flexibility index (Phi) is 11.4. The highest BCUT2D eigenvalue weighted by Gasteiger charge is 2.27. The summed E-state index contributed by atoms with van der Waals surface area (Å²) in [5.41, 5.74) is -0.350. The number of carbonyl (C=O) groups is 2. The van der Waals surface area contributed by atoms with E-state index in [4.69, 9.17) is 0 Å². The molecule has 0 aromatic heterocycles. The molecule has 0 aliphatic heterocycles. The number of ketones is 2. The fourth-order valence-electron chi connectivity index (χ4n) is 2.53. The third kappa shape index (κ3) is 9.87. The first-order valence-corrected chi connectivity index (χ1v) is 9.25. The van der Waals surface area contributed by atoms with E-state index in [1.54, 1.807) is 0 Å². The van der Waals surface area contributed by atoms with Crippen LogP contribution in [0.4, 0.5) is 0 Å². The lowest BCUT2D eigenvalue weighted by Gasteiger charge is -2.32. The van der Waals surface area contributed by atoms with Gasteiger partial charge in [-0.15, -0.1) is 0 Å². The summed E-state index contributed by atoms with van der Waals surface area (Å²) in [6.45, 7) is 14.9. The summed E-state index contributed by atoms with van der Waals surface area (Å²) in [6.07, 6.45) is 4.85. The minimum absolute atomic E-state index is 0.215. The molecule has 0 saturated heterocycles. The van der Waals surface area contributed by atoms with Crippen molar-refractivity contribution in [3.63, 3.8) is 0 Å². The highest BCUT2D eigenvalue weighted by Crippen LogP contribution is 2.19. The van der Waals surface area contributed by atoms with Gasteiger partial charge in [-0.3, -0.25) is 14.5 Å². The molecule has 0 aromatic carbocycles. The predicted octanol–water partition coefficient (Wildman–Crippen LogP) is 3.44. The normalized spacial score (nSPS) is 13.3. The minimum atomic E-state index is -0.350. The molecule has 136 valence electrons. The fraction of sp³-hybridized carbons (Fsp3) is 0.895. The number of carbonyl (C=O) groups excluding carboxylic acids is 2. The molecule has 1 unspecified atom stereocenters. The smallest absolute Gasteiger partial charge is 0.152 e. The van der Waals surface area contributed by atoms with Crippen LogP contribution in [0.2, 0.25) is 0 Å². The van der Waals surface area contributed by atoms with Crippen molar-refractivity contribution < 1.29 is 9.59 Å². The second-order valence-corrected chi connectivity index (χ2v) is 7.38. The van der Waals surface area contributed by atoms with Crippen LogP contribution in [0.15, 0.2) is 0 Å². The molecular weight excluding hydrogens is 288 g/mol. The summed E-state index contributed by atoms with van der Waals surface area (Å²) in [5.74, 6) is 0.435. The van der Waals surface area contributed by atoms with E-state index < -0.39 is 0 Å². The number of hydrogen-bond acceptors (Lipinski definition) is 4. The highest BCUT2D eigenvalue weighted by atomic mass is 16.1. The first-order chi connectivity index (χ1) is 10.8. The molecule has 0 aliphatic rings. The van der Waals surface area contributed by atoms with Gasteiger partial charge in [0.15, 0.2) is 5.78 Å². The van der Waals surface area contributed by atoms with Crippen LogP contribution in [0.1, 0.15) is 73.6 Å². The van der Waals surface area contributed by atoms with Crippen LogP contribution in [0.3, 0.4) is 0 Å². The molecule has 0 spiro atoms. The van der Waals surface area contributed by atoms with Crippen LogP contribution >= 0.6 is 0 Å². The van der Waals surface area contributed by atoms with Gasteiger partial charge >= 0.3 is 0 Å². The van der Waals surface area contributed by atoms with Gasteiger partial charge in [-0.1, -0.05) is 48.0 Å². The van der Waals surface area contributed by atoms with Gasteiger partial charge in [0, 0.05) is 17.9 Å². The van der Waals surface area contributed by atoms with E-state index in [1.165, 1.54) is 0 Å². The Labute approximate surface area is 143 Å². The van der Waals surface area contributed by atoms with Crippen molar-refractivity contribution >= 4 is 11.6 Å². The first kappa shape index (κ1) is 22.3. The van der Waals surface area contributed by atoms with E-state index >= 15 is 0 Å². The molecule has 0 fully saturated rings. The van der Waals surface area contributed by atoms with E-state index in [9.17, 15) is 9.59 Å². The standard InChI is InChI=1S/C19H38N2O2/c1-7-16(12-10-11-13-20-9-3)21(14-17(22)8-2)15-18(23)19(4,5)6/h16,20H,7-15H2,1-6H3. The lowest BCUT2D eigenvalue weighted by Crippen LogP contribution is -2.44. The minimum Gasteiger partial charge on any atom is -0.317 e. The van der Waals surface area contributed by atoms with Gasteiger partial charge in [0.2, 0.25) is 0 Å². The molecule has 4 heteroatoms. The molecule has 1 N–H and O–H groups in total. The molecule has 0 aromatic rings. The zero-order valence-electron chi connectivity index (χ0n) is 16.2. The molecule has 0 radical (unpaired) electrons. The van der Waals surface area contributed by atoms with Gasteiger partial charge in [0.25, 0.3) is 0 Å². The average Bonchev–Trinajstić information content (AvgIpc) is 2.49. The Morgan fingerprint density at radius 3 is 2.17 bits per heavy atom. The van der Waals surface area contributed by atoms with Gasteiger partial charge in [0.05, 0.1) is 13.1 Å². The van der Waals surface area contributed by atoms with Crippen LogP contribution in [0.5, 0.6) is 0 Å². The molecule has 0 amide bonds. The summed E-state index contributed by atoms with van der Waals surface area (Å²) in [6, 6.07) is 0.318. The lowest BCUT2D eigenvalue weighted by molar-refractivity contribution is -0.129. The second kappa shape index (κ2) is 11.7. The molecular formula is C19H38N2O2. The average molecular weight is 327 g/mol. The lowest BCUT2D eigenvalue weighted by atomic mass is 9.90. The van der Waals surface area contributed by atoms with Crippen LogP contribution in [0, 0.1) is 5.41 Å². The Hall–Kier alpha value is -0.740. The van der Waals surface area contributed by atoms with Crippen LogP contribution < -0.4 is 5.32 Å². The summed E-state index contributed by atoms with van der Waals surface area (Å²) in [5, 5.41) is 3.34. The largest absolute Gasteiger partial charge is 0.317 e. The molecule has 0 aliphatic carbocycles. The monoisotopic (exact) mass is 326 g/mol. The third-order valence-electron chi connectivity index (χ3n) is 4.34. The molecule has 1 atom stereocenters. The van der Waals surface area contributed by atoms with Crippen molar-refractivity contribution in [2.45, 2.75) is 79.7 Å². The molecule has 4 nitrogen and oxygen atoms in total. The van der Waals surface area contributed by atoms with E-state index in [0.29, 0.717) is 25.6 Å². The number of nitrogens with zero attached hydrogens (tertiary/aromatic N) is 1. The van der Waals surface area contributed by atoms with E-state index in [0.717, 1.165) is 38.8 Å². The van der Waals surface area contributed by atoms with Crippen molar-refractivity contribution in [2.24, 2.45) is 5.41 Å². The molecule has 0 bridgehead atoms. The van der Waals surface area contributed by atoms with Crippen molar-refractivity contribution in [3.8, 4) is 0 Å².